The average molecular weight is 408 g/mol. The van der Waals surface area contributed by atoms with E-state index < -0.39 is 22.6 Å². The molecule has 29 heavy (non-hydrogen) atoms. The standard InChI is InChI=1S/C22H27F3N2O2/c1-20(2,15-3-5-16(6-4-15)22(23,24)25)19(29)27-17-13-7-12-8-14(17)11-21(9-12,10-13)18(26)28/h3-6,12-14,17H,7-11H2,1-2H3,(H2,26,28)(H,27,29)/t12?,13-,14+,17?,21?. The molecule has 4 fully saturated rings. The van der Waals surface area contributed by atoms with Gasteiger partial charge < -0.3 is 11.1 Å². The molecule has 1 aromatic rings. The summed E-state index contributed by atoms with van der Waals surface area (Å²) in [5.41, 5.74) is 4.16. The quantitative estimate of drug-likeness (QED) is 0.796. The van der Waals surface area contributed by atoms with Crippen LogP contribution in [0.25, 0.3) is 0 Å². The largest absolute Gasteiger partial charge is 0.416 e. The lowest BCUT2D eigenvalue weighted by Gasteiger charge is -2.59. The van der Waals surface area contributed by atoms with E-state index in [4.69, 9.17) is 5.73 Å². The molecule has 5 rings (SSSR count). The van der Waals surface area contributed by atoms with Crippen LogP contribution in [0.3, 0.4) is 0 Å². The number of hydrogen-bond donors (Lipinski definition) is 2. The van der Waals surface area contributed by atoms with Gasteiger partial charge in [-0.3, -0.25) is 9.59 Å². The zero-order chi connectivity index (χ0) is 21.2. The molecule has 4 nitrogen and oxygen atoms in total. The highest BCUT2D eigenvalue weighted by Crippen LogP contribution is 2.60. The normalized spacial score (nSPS) is 33.6. The van der Waals surface area contributed by atoms with Crippen molar-refractivity contribution in [3.05, 3.63) is 35.4 Å². The maximum absolute atomic E-state index is 13.1. The van der Waals surface area contributed by atoms with Gasteiger partial charge in [-0.2, -0.15) is 13.2 Å². The monoisotopic (exact) mass is 408 g/mol. The maximum Gasteiger partial charge on any atom is 0.416 e. The molecule has 7 heteroatoms. The summed E-state index contributed by atoms with van der Waals surface area (Å²) in [6, 6.07) is 4.79. The van der Waals surface area contributed by atoms with Gasteiger partial charge in [-0.15, -0.1) is 0 Å². The topological polar surface area (TPSA) is 72.2 Å². The molecule has 0 aliphatic heterocycles. The van der Waals surface area contributed by atoms with Crippen LogP contribution in [0.15, 0.2) is 24.3 Å². The van der Waals surface area contributed by atoms with Crippen molar-refractivity contribution in [2.75, 3.05) is 0 Å². The van der Waals surface area contributed by atoms with Gasteiger partial charge in [-0.25, -0.2) is 0 Å². The van der Waals surface area contributed by atoms with Gasteiger partial charge in [0.05, 0.1) is 11.0 Å². The van der Waals surface area contributed by atoms with Crippen molar-refractivity contribution in [1.82, 2.24) is 5.32 Å². The first-order valence-corrected chi connectivity index (χ1v) is 10.2. The van der Waals surface area contributed by atoms with Gasteiger partial charge in [0.2, 0.25) is 11.8 Å². The van der Waals surface area contributed by atoms with Gasteiger partial charge in [0.15, 0.2) is 0 Å². The van der Waals surface area contributed by atoms with Crippen molar-refractivity contribution in [2.45, 2.75) is 63.6 Å². The Hall–Kier alpha value is -2.05. The minimum absolute atomic E-state index is 0.000230. The molecule has 0 saturated heterocycles. The minimum Gasteiger partial charge on any atom is -0.369 e. The molecule has 0 aromatic heterocycles. The first-order chi connectivity index (χ1) is 13.4. The van der Waals surface area contributed by atoms with E-state index in [2.05, 4.69) is 5.32 Å². The van der Waals surface area contributed by atoms with E-state index in [0.29, 0.717) is 11.5 Å². The molecule has 4 aliphatic carbocycles. The van der Waals surface area contributed by atoms with Gasteiger partial charge in [0, 0.05) is 11.5 Å². The van der Waals surface area contributed by atoms with Crippen LogP contribution in [0, 0.1) is 23.2 Å². The second kappa shape index (κ2) is 6.47. The van der Waals surface area contributed by atoms with Gasteiger partial charge in [0.1, 0.15) is 0 Å². The number of rotatable bonds is 4. The second-order valence-electron chi connectivity index (χ2n) is 9.81. The third kappa shape index (κ3) is 3.32. The number of amides is 2. The molecule has 158 valence electrons. The zero-order valence-electron chi connectivity index (χ0n) is 16.7. The number of nitrogens with one attached hydrogen (secondary N) is 1. The van der Waals surface area contributed by atoms with E-state index in [-0.39, 0.29) is 29.7 Å². The fourth-order valence-corrected chi connectivity index (χ4v) is 6.10. The number of carbonyl (C=O) groups is 2. The lowest BCUT2D eigenvalue weighted by Crippen LogP contribution is -2.63. The lowest BCUT2D eigenvalue weighted by atomic mass is 9.47. The Kier molecular flexibility index (Phi) is 4.52. The van der Waals surface area contributed by atoms with Gasteiger partial charge in [-0.05, 0) is 81.4 Å². The molecule has 3 unspecified atom stereocenters. The fraction of sp³-hybridized carbons (Fsp3) is 0.636. The molecule has 2 amide bonds. The van der Waals surface area contributed by atoms with Crippen LogP contribution in [-0.4, -0.2) is 17.9 Å². The first-order valence-electron chi connectivity index (χ1n) is 10.2. The second-order valence-corrected chi connectivity index (χ2v) is 9.81. The van der Waals surface area contributed by atoms with E-state index in [1.807, 2.05) is 0 Å². The van der Waals surface area contributed by atoms with Crippen LogP contribution >= 0.6 is 0 Å². The summed E-state index contributed by atoms with van der Waals surface area (Å²) in [6.07, 6.45) is -0.0922. The van der Waals surface area contributed by atoms with E-state index >= 15 is 0 Å². The summed E-state index contributed by atoms with van der Waals surface area (Å²) in [7, 11) is 0. The van der Waals surface area contributed by atoms with Crippen LogP contribution in [0.2, 0.25) is 0 Å². The number of hydrogen-bond acceptors (Lipinski definition) is 2. The Morgan fingerprint density at radius 3 is 2.00 bits per heavy atom. The van der Waals surface area contributed by atoms with E-state index in [1.54, 1.807) is 13.8 Å². The Morgan fingerprint density at radius 1 is 1.00 bits per heavy atom. The van der Waals surface area contributed by atoms with E-state index in [9.17, 15) is 22.8 Å². The van der Waals surface area contributed by atoms with Crippen molar-refractivity contribution < 1.29 is 22.8 Å². The number of primary amides is 1. The van der Waals surface area contributed by atoms with Crippen molar-refractivity contribution >= 4 is 11.8 Å². The summed E-state index contributed by atoms with van der Waals surface area (Å²) in [5.74, 6) is 0.563. The SMILES string of the molecule is CC(C)(C(=O)NC1[C@@H]2CC3C[C@H]1CC(C(N)=O)(C3)C2)c1ccc(C(F)(F)F)cc1. The van der Waals surface area contributed by atoms with Crippen molar-refractivity contribution in [1.29, 1.82) is 0 Å². The van der Waals surface area contributed by atoms with Crippen molar-refractivity contribution in [3.63, 3.8) is 0 Å². The number of alkyl halides is 3. The van der Waals surface area contributed by atoms with E-state index in [1.165, 1.54) is 12.1 Å². The average Bonchev–Trinajstić information content (AvgIpc) is 2.63. The van der Waals surface area contributed by atoms with Crippen LogP contribution < -0.4 is 11.1 Å². The highest BCUT2D eigenvalue weighted by Gasteiger charge is 2.58. The lowest BCUT2D eigenvalue weighted by molar-refractivity contribution is -0.148. The maximum atomic E-state index is 13.1. The van der Waals surface area contributed by atoms with Crippen LogP contribution in [0.1, 0.15) is 57.1 Å². The Labute approximate surface area is 168 Å². The predicted molar refractivity (Wildman–Crippen MR) is 102 cm³/mol. The molecule has 0 spiro atoms. The first kappa shape index (κ1) is 20.2. The smallest absolute Gasteiger partial charge is 0.369 e. The van der Waals surface area contributed by atoms with Gasteiger partial charge >= 0.3 is 6.18 Å². The molecular weight excluding hydrogens is 381 g/mol. The van der Waals surface area contributed by atoms with Gasteiger partial charge in [0.25, 0.3) is 0 Å². The van der Waals surface area contributed by atoms with Crippen molar-refractivity contribution in [2.24, 2.45) is 28.9 Å². The fourth-order valence-electron chi connectivity index (χ4n) is 6.10. The number of carbonyl (C=O) groups excluding carboxylic acids is 2. The molecule has 4 bridgehead atoms. The molecule has 3 N–H and O–H groups in total. The molecule has 5 atom stereocenters. The van der Waals surface area contributed by atoms with Crippen LogP contribution in [0.5, 0.6) is 0 Å². The van der Waals surface area contributed by atoms with Crippen LogP contribution in [0.4, 0.5) is 13.2 Å². The molecule has 0 radical (unpaired) electrons. The summed E-state index contributed by atoms with van der Waals surface area (Å²) in [6.45, 7) is 3.46. The minimum atomic E-state index is -4.40. The summed E-state index contributed by atoms with van der Waals surface area (Å²) in [5, 5.41) is 3.19. The molecule has 4 aliphatic rings. The predicted octanol–water partition coefficient (Wildman–Crippen LogP) is 3.78. The summed E-state index contributed by atoms with van der Waals surface area (Å²) < 4.78 is 38.5. The Balaban J connectivity index is 1.50. The highest BCUT2D eigenvalue weighted by molar-refractivity contribution is 5.88. The highest BCUT2D eigenvalue weighted by atomic mass is 19.4. The number of benzene rings is 1. The zero-order valence-corrected chi connectivity index (χ0v) is 16.7. The molecule has 4 saturated carbocycles. The Bertz CT molecular complexity index is 815. The van der Waals surface area contributed by atoms with Gasteiger partial charge in [-0.1, -0.05) is 12.1 Å². The summed E-state index contributed by atoms with van der Waals surface area (Å²) >= 11 is 0. The molecule has 0 heterocycles. The molecular formula is C22H27F3N2O2. The molecule has 1 aromatic carbocycles. The third-order valence-electron chi connectivity index (χ3n) is 7.60. The summed E-state index contributed by atoms with van der Waals surface area (Å²) in [4.78, 5) is 25.2. The van der Waals surface area contributed by atoms with Crippen molar-refractivity contribution in [3.8, 4) is 0 Å². The van der Waals surface area contributed by atoms with Crippen LogP contribution in [-0.2, 0) is 21.2 Å². The van der Waals surface area contributed by atoms with E-state index in [0.717, 1.165) is 44.2 Å². The Morgan fingerprint density at radius 2 is 1.52 bits per heavy atom. The number of halogens is 3. The third-order valence-corrected chi connectivity index (χ3v) is 7.60. The number of nitrogens with two attached hydrogens (primary N) is 1.